The molecule has 1 aromatic heterocycles. The van der Waals surface area contributed by atoms with Crippen LogP contribution in [-0.2, 0) is 22.6 Å². The highest BCUT2D eigenvalue weighted by atomic mass is 19.1. The Balaban J connectivity index is 1.23. The van der Waals surface area contributed by atoms with Crippen LogP contribution in [0.15, 0.2) is 30.3 Å². The lowest BCUT2D eigenvalue weighted by Crippen LogP contribution is -2.67. The maximum absolute atomic E-state index is 14.1. The fourth-order valence-electron chi connectivity index (χ4n) is 6.85. The first-order valence-corrected chi connectivity index (χ1v) is 15.0. The molecule has 4 aliphatic rings. The second-order valence-electron chi connectivity index (χ2n) is 12.3. The maximum atomic E-state index is 14.1. The molecule has 1 saturated carbocycles. The number of aromatic nitrogens is 1. The molecule has 2 aromatic rings. The van der Waals surface area contributed by atoms with Crippen LogP contribution in [0.25, 0.3) is 0 Å². The predicted molar refractivity (Wildman–Crippen MR) is 154 cm³/mol. The summed E-state index contributed by atoms with van der Waals surface area (Å²) in [6.45, 7) is 9.66. The van der Waals surface area contributed by atoms with Gasteiger partial charge in [-0.1, -0.05) is 12.1 Å². The second-order valence-corrected chi connectivity index (χ2v) is 12.3. The average Bonchev–Trinajstić information content (AvgIpc) is 2.94. The number of fused-ring (bicyclic) bond motifs is 1. The third-order valence-corrected chi connectivity index (χ3v) is 9.35. The van der Waals surface area contributed by atoms with E-state index in [1.807, 2.05) is 17.9 Å². The molecule has 2 saturated heterocycles. The minimum absolute atomic E-state index is 0.0211. The number of aliphatic hydroxyl groups excluding tert-OH is 1. The van der Waals surface area contributed by atoms with Gasteiger partial charge in [0.1, 0.15) is 18.1 Å². The minimum Gasteiger partial charge on any atom is -0.474 e. The molecule has 0 radical (unpaired) electrons. The van der Waals surface area contributed by atoms with Crippen LogP contribution < -0.4 is 15.0 Å². The van der Waals surface area contributed by atoms with Crippen LogP contribution in [0.4, 0.5) is 10.1 Å². The summed E-state index contributed by atoms with van der Waals surface area (Å²) >= 11 is 0. The van der Waals surface area contributed by atoms with Crippen LogP contribution in [0.1, 0.15) is 49.9 Å². The zero-order valence-corrected chi connectivity index (χ0v) is 24.1. The molecule has 222 valence electrons. The molecule has 4 heterocycles. The lowest BCUT2D eigenvalue weighted by molar-refractivity contribution is -0.125. The number of hydrogen-bond acceptors (Lipinski definition) is 8. The highest BCUT2D eigenvalue weighted by Gasteiger charge is 2.46. The fourth-order valence-corrected chi connectivity index (χ4v) is 6.85. The van der Waals surface area contributed by atoms with Crippen molar-refractivity contribution in [3.05, 3.63) is 53.0 Å². The number of amides is 1. The Labute approximate surface area is 241 Å². The van der Waals surface area contributed by atoms with Gasteiger partial charge in [-0.25, -0.2) is 9.37 Å². The molecule has 1 aromatic carbocycles. The van der Waals surface area contributed by atoms with Crippen molar-refractivity contribution in [3.8, 4) is 5.88 Å². The molecular formula is C31H42FN5O4. The second kappa shape index (κ2) is 11.9. The van der Waals surface area contributed by atoms with Gasteiger partial charge in [0.05, 0.1) is 38.1 Å². The number of ether oxygens (including phenoxy) is 2. The standard InChI is InChI=1S/C31H42FN5O4/c1-21-15-35(26(14-33-21)16-36-10-11-40-20-31(36)8-3-9-31)17-29(39)37-22(2)19-41-30-28(37)13-24(27(18-38)34-30)12-23-4-6-25(32)7-5-23/h4-7,13,21-22,26,33,38H,3,8-12,14-20H2,1-2H3/t21-,22?,26-/m1/s1. The number of rotatable bonds is 7. The molecule has 1 unspecified atom stereocenters. The Morgan fingerprint density at radius 2 is 2.05 bits per heavy atom. The van der Waals surface area contributed by atoms with Crippen LogP contribution in [0.2, 0.25) is 0 Å². The first kappa shape index (κ1) is 28.5. The smallest absolute Gasteiger partial charge is 0.241 e. The Hall–Kier alpha value is -2.63. The van der Waals surface area contributed by atoms with Crippen molar-refractivity contribution in [1.29, 1.82) is 0 Å². The van der Waals surface area contributed by atoms with Crippen LogP contribution in [-0.4, -0.2) is 102 Å². The van der Waals surface area contributed by atoms with Crippen LogP contribution >= 0.6 is 0 Å². The molecule has 41 heavy (non-hydrogen) atoms. The van der Waals surface area contributed by atoms with E-state index in [0.29, 0.717) is 42.9 Å². The number of morpholine rings is 1. The molecule has 3 aliphatic heterocycles. The molecule has 10 heteroatoms. The summed E-state index contributed by atoms with van der Waals surface area (Å²) in [5.41, 5.74) is 2.99. The zero-order valence-electron chi connectivity index (χ0n) is 24.1. The highest BCUT2D eigenvalue weighted by molar-refractivity contribution is 5.97. The highest BCUT2D eigenvalue weighted by Crippen LogP contribution is 2.40. The average molecular weight is 568 g/mol. The molecular weight excluding hydrogens is 525 g/mol. The number of nitrogens with zero attached hydrogens (tertiary/aromatic N) is 4. The van der Waals surface area contributed by atoms with Gasteiger partial charge in [0.25, 0.3) is 0 Å². The van der Waals surface area contributed by atoms with E-state index in [2.05, 4.69) is 27.0 Å². The van der Waals surface area contributed by atoms with E-state index in [1.54, 1.807) is 12.1 Å². The normalized spacial score (nSPS) is 26.3. The third-order valence-electron chi connectivity index (χ3n) is 9.35. The van der Waals surface area contributed by atoms with Gasteiger partial charge < -0.3 is 24.8 Å². The summed E-state index contributed by atoms with van der Waals surface area (Å²) in [4.78, 5) is 25.5. The number of carbonyl (C=O) groups excluding carboxylic acids is 1. The molecule has 1 spiro atoms. The Morgan fingerprint density at radius 1 is 1.24 bits per heavy atom. The number of hydrogen-bond donors (Lipinski definition) is 2. The van der Waals surface area contributed by atoms with Crippen molar-refractivity contribution in [3.63, 3.8) is 0 Å². The molecule has 9 nitrogen and oxygen atoms in total. The van der Waals surface area contributed by atoms with Crippen LogP contribution in [0.5, 0.6) is 5.88 Å². The largest absolute Gasteiger partial charge is 0.474 e. The van der Waals surface area contributed by atoms with E-state index in [0.717, 1.165) is 50.5 Å². The Bertz CT molecular complexity index is 1240. The first-order chi connectivity index (χ1) is 19.8. The topological polar surface area (TPSA) is 90.4 Å². The van der Waals surface area contributed by atoms with Crippen molar-refractivity contribution in [1.82, 2.24) is 20.1 Å². The molecule has 2 N–H and O–H groups in total. The number of piperazine rings is 1. The predicted octanol–water partition coefficient (Wildman–Crippen LogP) is 2.33. The molecule has 3 atom stereocenters. The van der Waals surface area contributed by atoms with Gasteiger partial charge in [-0.05, 0) is 68.9 Å². The summed E-state index contributed by atoms with van der Waals surface area (Å²) in [5, 5.41) is 13.7. The van der Waals surface area contributed by atoms with E-state index in [9.17, 15) is 14.3 Å². The number of halogens is 1. The Morgan fingerprint density at radius 3 is 2.78 bits per heavy atom. The summed E-state index contributed by atoms with van der Waals surface area (Å²) < 4.78 is 25.3. The lowest BCUT2D eigenvalue weighted by Gasteiger charge is -2.54. The Kier molecular flexibility index (Phi) is 8.29. The molecule has 0 bridgehead atoms. The number of carbonyl (C=O) groups is 1. The van der Waals surface area contributed by atoms with Crippen molar-refractivity contribution < 1.29 is 23.8 Å². The molecule has 6 rings (SSSR count). The zero-order chi connectivity index (χ0) is 28.6. The third kappa shape index (κ3) is 5.85. The summed E-state index contributed by atoms with van der Waals surface area (Å²) in [6.07, 6.45) is 4.10. The van der Waals surface area contributed by atoms with Crippen molar-refractivity contribution in [2.24, 2.45) is 0 Å². The van der Waals surface area contributed by atoms with E-state index >= 15 is 0 Å². The van der Waals surface area contributed by atoms with Gasteiger partial charge in [-0.2, -0.15) is 0 Å². The van der Waals surface area contributed by atoms with Gasteiger partial charge in [0, 0.05) is 43.8 Å². The molecule has 3 fully saturated rings. The van der Waals surface area contributed by atoms with E-state index in [1.165, 1.54) is 31.4 Å². The van der Waals surface area contributed by atoms with Crippen molar-refractivity contribution in [2.45, 2.75) is 69.8 Å². The van der Waals surface area contributed by atoms with E-state index in [-0.39, 0.29) is 36.0 Å². The van der Waals surface area contributed by atoms with Gasteiger partial charge >= 0.3 is 0 Å². The number of anilines is 1. The summed E-state index contributed by atoms with van der Waals surface area (Å²) in [5.74, 6) is 0.0947. The monoisotopic (exact) mass is 567 g/mol. The van der Waals surface area contributed by atoms with E-state index < -0.39 is 0 Å². The van der Waals surface area contributed by atoms with E-state index in [4.69, 9.17) is 9.47 Å². The number of benzene rings is 1. The quantitative estimate of drug-likeness (QED) is 0.527. The summed E-state index contributed by atoms with van der Waals surface area (Å²) in [6, 6.07) is 8.59. The van der Waals surface area contributed by atoms with Crippen LogP contribution in [0.3, 0.4) is 0 Å². The van der Waals surface area contributed by atoms with Gasteiger partial charge in [0.15, 0.2) is 0 Å². The number of aliphatic hydroxyl groups is 1. The SMILES string of the molecule is CC1COc2nc(CO)c(Cc3ccc(F)cc3)cc2N1C(=O)CN1C[C@@H](C)NC[C@@H]1CN1CCOCC12CCC2. The van der Waals surface area contributed by atoms with Gasteiger partial charge in [0.2, 0.25) is 11.8 Å². The van der Waals surface area contributed by atoms with Crippen LogP contribution in [0, 0.1) is 5.82 Å². The van der Waals surface area contributed by atoms with Gasteiger partial charge in [-0.3, -0.25) is 14.6 Å². The molecule has 1 aliphatic carbocycles. The maximum Gasteiger partial charge on any atom is 0.241 e. The first-order valence-electron chi connectivity index (χ1n) is 15.0. The van der Waals surface area contributed by atoms with Crippen molar-refractivity contribution >= 4 is 11.6 Å². The van der Waals surface area contributed by atoms with Gasteiger partial charge in [-0.15, -0.1) is 0 Å². The minimum atomic E-state index is -0.296. The number of pyridine rings is 1. The number of nitrogens with one attached hydrogen (secondary N) is 1. The lowest BCUT2D eigenvalue weighted by atomic mass is 9.75. The summed E-state index contributed by atoms with van der Waals surface area (Å²) in [7, 11) is 0. The van der Waals surface area contributed by atoms with Crippen molar-refractivity contribution in [2.75, 3.05) is 57.4 Å². The fraction of sp³-hybridized carbons (Fsp3) is 0.613. The molecule has 1 amide bonds.